The summed E-state index contributed by atoms with van der Waals surface area (Å²) < 4.78 is 36.5. The summed E-state index contributed by atoms with van der Waals surface area (Å²) in [5.74, 6) is -1.39. The predicted molar refractivity (Wildman–Crippen MR) is 121 cm³/mol. The van der Waals surface area contributed by atoms with Gasteiger partial charge in [-0.25, -0.2) is 27.7 Å². The van der Waals surface area contributed by atoms with Gasteiger partial charge < -0.3 is 10.4 Å². The van der Waals surface area contributed by atoms with Crippen molar-refractivity contribution >= 4 is 38.1 Å². The van der Waals surface area contributed by atoms with Crippen LogP contribution in [0.1, 0.15) is 10.4 Å². The number of aromatic nitrogens is 1. The number of hydrogen-bond donors (Lipinski definition) is 3. The smallest absolute Gasteiger partial charge is 0.335 e. The van der Waals surface area contributed by atoms with Crippen molar-refractivity contribution in [3.05, 3.63) is 84.2 Å². The van der Waals surface area contributed by atoms with Gasteiger partial charge in [0.1, 0.15) is 5.82 Å². The van der Waals surface area contributed by atoms with E-state index in [1.54, 1.807) is 36.4 Å². The van der Waals surface area contributed by atoms with Gasteiger partial charge in [-0.3, -0.25) is 0 Å². The number of sulfonamides is 1. The summed E-state index contributed by atoms with van der Waals surface area (Å²) in [5, 5.41) is 17.9. The monoisotopic (exact) mass is 469 g/mol. The highest BCUT2D eigenvalue weighted by atomic mass is 32.2. The van der Waals surface area contributed by atoms with E-state index < -0.39 is 16.0 Å². The molecule has 0 radical (unpaired) electrons. The standard InChI is InChI=1S/C22H16FN3O4S2/c23-16-7-1-13(2-8-16)19-20(14-5-11-18(12-6-14)32(24,29)30)31-22(26-19)25-17-9-3-15(4-10-17)21(27)28/h1-12H,(H,25,26)(H,27,28)(H2,24,29,30). The van der Waals surface area contributed by atoms with Gasteiger partial charge >= 0.3 is 5.97 Å². The van der Waals surface area contributed by atoms with E-state index in [-0.39, 0.29) is 16.3 Å². The number of benzene rings is 3. The van der Waals surface area contributed by atoms with E-state index in [1.165, 1.54) is 47.7 Å². The third-order valence-corrected chi connectivity index (χ3v) is 6.52. The minimum absolute atomic E-state index is 0.00836. The number of halogens is 1. The van der Waals surface area contributed by atoms with Crippen molar-refractivity contribution in [1.29, 1.82) is 0 Å². The van der Waals surface area contributed by atoms with Crippen molar-refractivity contribution in [2.45, 2.75) is 4.90 Å². The molecule has 0 spiro atoms. The first kappa shape index (κ1) is 21.6. The maximum Gasteiger partial charge on any atom is 0.335 e. The molecule has 0 unspecified atom stereocenters. The largest absolute Gasteiger partial charge is 0.478 e. The minimum atomic E-state index is -3.82. The van der Waals surface area contributed by atoms with Gasteiger partial charge in [-0.15, -0.1) is 0 Å². The van der Waals surface area contributed by atoms with Gasteiger partial charge in [-0.1, -0.05) is 23.5 Å². The van der Waals surface area contributed by atoms with Crippen molar-refractivity contribution in [1.82, 2.24) is 4.98 Å². The molecule has 0 saturated heterocycles. The highest BCUT2D eigenvalue weighted by Gasteiger charge is 2.17. The number of primary sulfonamides is 1. The third-order valence-electron chi connectivity index (χ3n) is 4.57. The predicted octanol–water partition coefficient (Wildman–Crippen LogP) is 4.71. The van der Waals surface area contributed by atoms with Crippen molar-refractivity contribution in [3.8, 4) is 21.7 Å². The zero-order valence-electron chi connectivity index (χ0n) is 16.3. The van der Waals surface area contributed by atoms with Gasteiger partial charge in [0.25, 0.3) is 0 Å². The number of carbonyl (C=O) groups is 1. The normalized spacial score (nSPS) is 11.3. The van der Waals surface area contributed by atoms with E-state index >= 15 is 0 Å². The van der Waals surface area contributed by atoms with E-state index in [0.29, 0.717) is 27.6 Å². The summed E-state index contributed by atoms with van der Waals surface area (Å²) in [7, 11) is -3.82. The molecule has 3 aromatic carbocycles. The van der Waals surface area contributed by atoms with Crippen LogP contribution < -0.4 is 10.5 Å². The maximum atomic E-state index is 13.4. The lowest BCUT2D eigenvalue weighted by molar-refractivity contribution is 0.0697. The second-order valence-electron chi connectivity index (χ2n) is 6.78. The van der Waals surface area contributed by atoms with Crippen LogP contribution in [0.25, 0.3) is 21.7 Å². The highest BCUT2D eigenvalue weighted by Crippen LogP contribution is 2.40. The fourth-order valence-electron chi connectivity index (χ4n) is 2.99. The summed E-state index contributed by atoms with van der Waals surface area (Å²) in [6.45, 7) is 0. The average molecular weight is 470 g/mol. The van der Waals surface area contributed by atoms with Crippen LogP contribution in [0, 0.1) is 5.82 Å². The SMILES string of the molecule is NS(=O)(=O)c1ccc(-c2sc(Nc3ccc(C(=O)O)cc3)nc2-c2ccc(F)cc2)cc1. The molecular weight excluding hydrogens is 453 g/mol. The first-order chi connectivity index (χ1) is 15.2. The van der Waals surface area contributed by atoms with E-state index in [0.717, 1.165) is 4.88 Å². The molecule has 7 nitrogen and oxygen atoms in total. The van der Waals surface area contributed by atoms with Crippen LogP contribution in [-0.2, 0) is 10.0 Å². The zero-order chi connectivity index (χ0) is 22.9. The molecule has 1 heterocycles. The molecule has 32 heavy (non-hydrogen) atoms. The molecule has 0 aliphatic heterocycles. The van der Waals surface area contributed by atoms with Crippen LogP contribution in [0.4, 0.5) is 15.2 Å². The Kier molecular flexibility index (Phi) is 5.74. The van der Waals surface area contributed by atoms with Crippen LogP contribution in [0.2, 0.25) is 0 Å². The summed E-state index contributed by atoms with van der Waals surface area (Å²) in [6, 6.07) is 18.2. The quantitative estimate of drug-likeness (QED) is 0.376. The van der Waals surface area contributed by atoms with Crippen molar-refractivity contribution < 1.29 is 22.7 Å². The number of thiazole rings is 1. The van der Waals surface area contributed by atoms with Gasteiger partial charge in [0.2, 0.25) is 10.0 Å². The lowest BCUT2D eigenvalue weighted by Gasteiger charge is -2.04. The van der Waals surface area contributed by atoms with E-state index in [4.69, 9.17) is 10.2 Å². The first-order valence-corrected chi connectivity index (χ1v) is 11.6. The Morgan fingerprint density at radius 2 is 1.53 bits per heavy atom. The van der Waals surface area contributed by atoms with Crippen LogP contribution in [0.3, 0.4) is 0 Å². The number of nitrogens with one attached hydrogen (secondary N) is 1. The molecule has 0 aliphatic rings. The van der Waals surface area contributed by atoms with Crippen LogP contribution in [-0.4, -0.2) is 24.5 Å². The summed E-state index contributed by atoms with van der Waals surface area (Å²) in [4.78, 5) is 16.4. The number of nitrogens with zero attached hydrogens (tertiary/aromatic N) is 1. The second kappa shape index (κ2) is 8.50. The van der Waals surface area contributed by atoms with Crippen molar-refractivity contribution in [2.24, 2.45) is 5.14 Å². The molecule has 0 atom stereocenters. The summed E-state index contributed by atoms with van der Waals surface area (Å²) in [6.07, 6.45) is 0. The molecule has 0 amide bonds. The Morgan fingerprint density at radius 1 is 0.938 bits per heavy atom. The fraction of sp³-hybridized carbons (Fsp3) is 0. The molecule has 1 aromatic heterocycles. The molecular formula is C22H16FN3O4S2. The number of carboxylic acid groups (broad SMARTS) is 1. The lowest BCUT2D eigenvalue weighted by Crippen LogP contribution is -2.11. The number of nitrogens with two attached hydrogens (primary N) is 1. The van der Waals surface area contributed by atoms with Gasteiger partial charge in [0.15, 0.2) is 5.13 Å². The van der Waals surface area contributed by atoms with Crippen LogP contribution >= 0.6 is 11.3 Å². The summed E-state index contributed by atoms with van der Waals surface area (Å²) in [5.41, 5.74) is 2.79. The topological polar surface area (TPSA) is 122 Å². The third kappa shape index (κ3) is 4.67. The second-order valence-corrected chi connectivity index (χ2v) is 9.34. The molecule has 0 bridgehead atoms. The zero-order valence-corrected chi connectivity index (χ0v) is 18.0. The molecule has 4 aromatic rings. The molecule has 162 valence electrons. The Bertz CT molecular complexity index is 1380. The maximum absolute atomic E-state index is 13.4. The molecule has 0 aliphatic carbocycles. The fourth-order valence-corrected chi connectivity index (χ4v) is 4.52. The number of aromatic carboxylic acids is 1. The van der Waals surface area contributed by atoms with Crippen LogP contribution in [0.15, 0.2) is 77.7 Å². The highest BCUT2D eigenvalue weighted by molar-refractivity contribution is 7.89. The molecule has 0 saturated carbocycles. The van der Waals surface area contributed by atoms with Crippen LogP contribution in [0.5, 0.6) is 0 Å². The Morgan fingerprint density at radius 3 is 2.09 bits per heavy atom. The van der Waals surface area contributed by atoms with Gasteiger partial charge in [-0.05, 0) is 66.2 Å². The number of carboxylic acids is 1. The first-order valence-electron chi connectivity index (χ1n) is 9.21. The number of anilines is 2. The average Bonchev–Trinajstić information content (AvgIpc) is 3.18. The van der Waals surface area contributed by atoms with Gasteiger partial charge in [-0.2, -0.15) is 0 Å². The molecule has 4 rings (SSSR count). The Balaban J connectivity index is 1.74. The van der Waals surface area contributed by atoms with E-state index in [2.05, 4.69) is 10.3 Å². The molecule has 4 N–H and O–H groups in total. The number of rotatable bonds is 6. The minimum Gasteiger partial charge on any atom is -0.478 e. The molecule has 10 heteroatoms. The Labute approximate surface area is 187 Å². The van der Waals surface area contributed by atoms with E-state index in [1.807, 2.05) is 0 Å². The Hall–Kier alpha value is -3.60. The molecule has 0 fully saturated rings. The van der Waals surface area contributed by atoms with E-state index in [9.17, 15) is 17.6 Å². The van der Waals surface area contributed by atoms with Crippen molar-refractivity contribution in [2.75, 3.05) is 5.32 Å². The lowest BCUT2D eigenvalue weighted by atomic mass is 10.1. The van der Waals surface area contributed by atoms with Crippen molar-refractivity contribution in [3.63, 3.8) is 0 Å². The van der Waals surface area contributed by atoms with Gasteiger partial charge in [0, 0.05) is 11.3 Å². The number of hydrogen-bond acceptors (Lipinski definition) is 6. The van der Waals surface area contributed by atoms with Gasteiger partial charge in [0.05, 0.1) is 21.0 Å². The summed E-state index contributed by atoms with van der Waals surface area (Å²) >= 11 is 1.32.